The second kappa shape index (κ2) is 11.4. The molecule has 9 heteroatoms. The van der Waals surface area contributed by atoms with Gasteiger partial charge in [-0.2, -0.15) is 10.1 Å². The molecule has 35 heavy (non-hydrogen) atoms. The van der Waals surface area contributed by atoms with Crippen LogP contribution in [0.1, 0.15) is 35.2 Å². The van der Waals surface area contributed by atoms with E-state index in [0.717, 1.165) is 56.7 Å². The Morgan fingerprint density at radius 3 is 2.60 bits per heavy atom. The van der Waals surface area contributed by atoms with Gasteiger partial charge in [-0.3, -0.25) is 4.79 Å². The number of pyridine rings is 1. The molecule has 0 saturated carbocycles. The predicted octanol–water partition coefficient (Wildman–Crippen LogP) is 2.96. The summed E-state index contributed by atoms with van der Waals surface area (Å²) in [6.45, 7) is 3.57. The molecule has 0 radical (unpaired) electrons. The highest BCUT2D eigenvalue weighted by atomic mass is 16.7. The average molecular weight is 478 g/mol. The van der Waals surface area contributed by atoms with Crippen molar-refractivity contribution in [2.24, 2.45) is 10.7 Å². The van der Waals surface area contributed by atoms with Crippen molar-refractivity contribution in [2.45, 2.75) is 25.3 Å². The fourth-order valence-corrected chi connectivity index (χ4v) is 4.54. The van der Waals surface area contributed by atoms with Crippen molar-refractivity contribution in [3.63, 3.8) is 0 Å². The Morgan fingerprint density at radius 1 is 1.20 bits per heavy atom. The number of hydrogen-bond acceptors (Lipinski definition) is 6. The zero-order valence-electron chi connectivity index (χ0n) is 20.8. The van der Waals surface area contributed by atoms with Gasteiger partial charge >= 0.3 is 0 Å². The molecule has 1 fully saturated rings. The van der Waals surface area contributed by atoms with E-state index in [4.69, 9.17) is 10.6 Å². The summed E-state index contributed by atoms with van der Waals surface area (Å²) in [7, 11) is 5.70. The second-order valence-electron chi connectivity index (χ2n) is 9.07. The van der Waals surface area contributed by atoms with Gasteiger partial charge in [0.25, 0.3) is 5.91 Å². The van der Waals surface area contributed by atoms with E-state index in [0.29, 0.717) is 11.4 Å². The highest BCUT2D eigenvalue weighted by Gasteiger charge is 2.24. The first-order valence-corrected chi connectivity index (χ1v) is 12.0. The third-order valence-corrected chi connectivity index (χ3v) is 6.75. The lowest BCUT2D eigenvalue weighted by Gasteiger charge is -2.35. The molecule has 186 valence electrons. The number of likely N-dealkylation sites (tertiary alicyclic amines) is 1. The molecule has 1 aromatic carbocycles. The van der Waals surface area contributed by atoms with Crippen LogP contribution in [-0.4, -0.2) is 85.1 Å². The number of aliphatic imine (C=N–C) groups is 1. The molecule has 2 aliphatic rings. The maximum absolute atomic E-state index is 12.9. The van der Waals surface area contributed by atoms with Crippen LogP contribution in [0.5, 0.6) is 0 Å². The first-order chi connectivity index (χ1) is 16.9. The van der Waals surface area contributed by atoms with Gasteiger partial charge in [0.1, 0.15) is 0 Å². The molecule has 1 amide bonds. The maximum Gasteiger partial charge on any atom is 0.253 e. The topological polar surface area (TPSA) is 99.3 Å². The molecule has 9 nitrogen and oxygen atoms in total. The average Bonchev–Trinajstić information content (AvgIpc) is 2.89. The van der Waals surface area contributed by atoms with Crippen molar-refractivity contribution in [1.82, 2.24) is 19.8 Å². The Bertz CT molecular complexity index is 1080. The molecule has 3 heterocycles. The number of rotatable bonds is 6. The van der Waals surface area contributed by atoms with E-state index in [9.17, 15) is 4.79 Å². The molecule has 1 saturated heterocycles. The molecule has 0 atom stereocenters. The van der Waals surface area contributed by atoms with Crippen molar-refractivity contribution < 1.29 is 9.63 Å². The molecule has 0 bridgehead atoms. The maximum atomic E-state index is 12.9. The van der Waals surface area contributed by atoms with Gasteiger partial charge in [0.2, 0.25) is 0 Å². The Labute approximate surface area is 207 Å². The summed E-state index contributed by atoms with van der Waals surface area (Å²) in [5.74, 6) is 0.849. The lowest BCUT2D eigenvalue weighted by molar-refractivity contribution is -0.122. The van der Waals surface area contributed by atoms with Crippen LogP contribution in [0, 0.1) is 0 Å². The number of nitrogens with zero attached hydrogens (tertiary/aromatic N) is 5. The van der Waals surface area contributed by atoms with Crippen molar-refractivity contribution >= 4 is 28.9 Å². The fourth-order valence-electron chi connectivity index (χ4n) is 4.54. The summed E-state index contributed by atoms with van der Waals surface area (Å²) in [5, 5.41) is 5.01. The number of carbonyl (C=O) groups is 1. The quantitative estimate of drug-likeness (QED) is 0.487. The van der Waals surface area contributed by atoms with E-state index in [1.54, 1.807) is 13.3 Å². The highest BCUT2D eigenvalue weighted by molar-refractivity contribution is 5.97. The van der Waals surface area contributed by atoms with Gasteiger partial charge in [-0.05, 0) is 81.4 Å². The summed E-state index contributed by atoms with van der Waals surface area (Å²) >= 11 is 0. The highest BCUT2D eigenvalue weighted by Crippen LogP contribution is 2.29. The van der Waals surface area contributed by atoms with Gasteiger partial charge in [-0.1, -0.05) is 6.08 Å². The number of anilines is 1. The van der Waals surface area contributed by atoms with Crippen LogP contribution in [0.2, 0.25) is 0 Å². The Balaban J connectivity index is 1.41. The van der Waals surface area contributed by atoms with Crippen LogP contribution in [0.3, 0.4) is 0 Å². The molecule has 2 aromatic rings. The Hall–Kier alpha value is -3.27. The third kappa shape index (κ3) is 6.25. The fraction of sp³-hybridized carbons (Fsp3) is 0.423. The van der Waals surface area contributed by atoms with Gasteiger partial charge in [0.15, 0.2) is 11.8 Å². The third-order valence-electron chi connectivity index (χ3n) is 6.75. The molecular weight excluding hydrogens is 442 g/mol. The monoisotopic (exact) mass is 477 g/mol. The zero-order valence-corrected chi connectivity index (χ0v) is 20.8. The molecule has 1 aromatic heterocycles. The zero-order chi connectivity index (χ0) is 24.8. The van der Waals surface area contributed by atoms with Gasteiger partial charge < -0.3 is 25.7 Å². The van der Waals surface area contributed by atoms with Crippen LogP contribution in [0.25, 0.3) is 5.57 Å². The van der Waals surface area contributed by atoms with Crippen LogP contribution >= 0.6 is 0 Å². The molecule has 0 unspecified atom stereocenters. The van der Waals surface area contributed by atoms with Gasteiger partial charge in [-0.25, -0.2) is 4.98 Å². The number of carbonyl (C=O) groups excluding carboxylic acids is 1. The summed E-state index contributed by atoms with van der Waals surface area (Å²) in [6.07, 6.45) is 6.69. The molecular formula is C26H35N7O2. The van der Waals surface area contributed by atoms with E-state index >= 15 is 0 Å². The number of aromatic nitrogens is 1. The van der Waals surface area contributed by atoms with E-state index in [1.807, 2.05) is 53.4 Å². The predicted molar refractivity (Wildman–Crippen MR) is 139 cm³/mol. The van der Waals surface area contributed by atoms with Crippen LogP contribution < -0.4 is 11.1 Å². The van der Waals surface area contributed by atoms with Crippen molar-refractivity contribution in [3.8, 4) is 0 Å². The van der Waals surface area contributed by atoms with Gasteiger partial charge in [0, 0.05) is 49.2 Å². The number of piperidine rings is 1. The van der Waals surface area contributed by atoms with Gasteiger partial charge in [-0.15, -0.1) is 0 Å². The largest absolute Gasteiger partial charge is 0.369 e. The van der Waals surface area contributed by atoms with E-state index in [2.05, 4.69) is 33.3 Å². The summed E-state index contributed by atoms with van der Waals surface area (Å²) in [5.41, 5.74) is 9.77. The van der Waals surface area contributed by atoms with Crippen molar-refractivity contribution in [1.29, 1.82) is 0 Å². The van der Waals surface area contributed by atoms with E-state index < -0.39 is 0 Å². The minimum atomic E-state index is 0.0404. The number of nitrogens with two attached hydrogens (primary N) is 1. The minimum Gasteiger partial charge on any atom is -0.369 e. The van der Waals surface area contributed by atoms with Crippen LogP contribution in [-0.2, 0) is 4.84 Å². The smallest absolute Gasteiger partial charge is 0.253 e. The molecule has 4 rings (SSSR count). The number of nitrogens with one attached hydrogen (secondary N) is 1. The lowest BCUT2D eigenvalue weighted by atomic mass is 10.0. The Morgan fingerprint density at radius 2 is 1.94 bits per heavy atom. The van der Waals surface area contributed by atoms with E-state index in [-0.39, 0.29) is 17.9 Å². The number of hydroxylamine groups is 2. The number of hydrogen-bond donors (Lipinski definition) is 2. The normalized spacial score (nSPS) is 18.3. The number of guanidine groups is 1. The van der Waals surface area contributed by atoms with E-state index in [1.165, 1.54) is 5.57 Å². The molecule has 0 spiro atoms. The summed E-state index contributed by atoms with van der Waals surface area (Å²) in [4.78, 5) is 31.4. The molecule has 2 aliphatic heterocycles. The van der Waals surface area contributed by atoms with Crippen LogP contribution in [0.15, 0.2) is 53.7 Å². The Kier molecular flexibility index (Phi) is 8.12. The SMILES string of the molecule is CON1CC=C(c2cccnc2N=C(N)Nc2ccc(C(=O)N(C)C3CCN(C)CC3)cc2)CC1. The van der Waals surface area contributed by atoms with Crippen molar-refractivity contribution in [3.05, 3.63) is 59.8 Å². The summed E-state index contributed by atoms with van der Waals surface area (Å²) in [6, 6.07) is 11.5. The second-order valence-corrected chi connectivity index (χ2v) is 9.07. The van der Waals surface area contributed by atoms with Gasteiger partial charge in [0.05, 0.1) is 7.11 Å². The first kappa shape index (κ1) is 24.8. The van der Waals surface area contributed by atoms with Crippen LogP contribution in [0.4, 0.5) is 11.5 Å². The molecule has 3 N–H and O–H groups in total. The lowest BCUT2D eigenvalue weighted by Crippen LogP contribution is -2.44. The summed E-state index contributed by atoms with van der Waals surface area (Å²) < 4.78 is 0. The standard InChI is InChI=1S/C26H35N7O2/c1-31-15-12-22(13-16-31)32(2)25(34)20-6-8-21(9-7-20)29-26(27)30-24-23(5-4-14-28-24)19-10-17-33(35-3)18-11-19/h4-10,14,22H,11-13,15-18H2,1-3H3,(H3,27,28,29,30). The molecule has 0 aliphatic carbocycles. The number of benzene rings is 1. The number of amides is 1. The first-order valence-electron chi connectivity index (χ1n) is 12.0. The minimum absolute atomic E-state index is 0.0404. The van der Waals surface area contributed by atoms with Crippen molar-refractivity contribution in [2.75, 3.05) is 52.7 Å².